The van der Waals surface area contributed by atoms with E-state index in [1.165, 1.54) is 0 Å². The predicted molar refractivity (Wildman–Crippen MR) is 91.4 cm³/mol. The predicted octanol–water partition coefficient (Wildman–Crippen LogP) is 3.26. The highest BCUT2D eigenvalue weighted by Gasteiger charge is 2.45. The maximum absolute atomic E-state index is 12.1. The fraction of sp³-hybridized carbons (Fsp3) is 0.579. The van der Waals surface area contributed by atoms with Gasteiger partial charge in [-0.05, 0) is 44.7 Å². The molecule has 0 atom stereocenters. The van der Waals surface area contributed by atoms with Gasteiger partial charge in [-0.25, -0.2) is 0 Å². The Kier molecular flexibility index (Phi) is 5.65. The van der Waals surface area contributed by atoms with E-state index in [1.807, 2.05) is 45.0 Å². The van der Waals surface area contributed by atoms with Gasteiger partial charge < -0.3 is 15.2 Å². The first-order chi connectivity index (χ1) is 11.2. The molecule has 132 valence electrons. The van der Waals surface area contributed by atoms with E-state index in [0.29, 0.717) is 26.0 Å². The molecule has 1 aromatic rings. The molecule has 0 bridgehead atoms. The molecular weight excluding hydrogens is 306 g/mol. The van der Waals surface area contributed by atoms with Gasteiger partial charge in [-0.15, -0.1) is 0 Å². The fourth-order valence-electron chi connectivity index (χ4n) is 2.77. The molecule has 1 aliphatic carbocycles. The Morgan fingerprint density at radius 2 is 1.92 bits per heavy atom. The van der Waals surface area contributed by atoms with Crippen LogP contribution in [0, 0.1) is 5.41 Å². The lowest BCUT2D eigenvalue weighted by Gasteiger charge is -2.36. The number of amides is 1. The maximum atomic E-state index is 12.1. The summed E-state index contributed by atoms with van der Waals surface area (Å²) >= 11 is 0. The number of carboxylic acid groups (broad SMARTS) is 1. The van der Waals surface area contributed by atoms with Crippen molar-refractivity contribution < 1.29 is 19.4 Å². The van der Waals surface area contributed by atoms with E-state index in [9.17, 15) is 14.7 Å². The number of carbonyl (C=O) groups is 2. The van der Waals surface area contributed by atoms with Crippen molar-refractivity contribution in [3.8, 4) is 0 Å². The fourth-order valence-corrected chi connectivity index (χ4v) is 2.77. The number of nitrogens with one attached hydrogen (secondary N) is 1. The highest BCUT2D eigenvalue weighted by molar-refractivity contribution is 5.85. The summed E-state index contributed by atoms with van der Waals surface area (Å²) in [5, 5.41) is 12.1. The Morgan fingerprint density at radius 3 is 2.46 bits per heavy atom. The number of rotatable bonds is 7. The number of hydrogen-bond donors (Lipinski definition) is 2. The first-order valence-electron chi connectivity index (χ1n) is 8.42. The molecule has 1 aliphatic rings. The van der Waals surface area contributed by atoms with E-state index < -0.39 is 11.4 Å². The molecule has 5 heteroatoms. The molecule has 1 amide bonds. The number of aliphatic carboxylic acids is 1. The van der Waals surface area contributed by atoms with Crippen molar-refractivity contribution >= 4 is 11.9 Å². The Labute approximate surface area is 143 Å². The molecule has 24 heavy (non-hydrogen) atoms. The second kappa shape index (κ2) is 7.34. The quantitative estimate of drug-likeness (QED) is 0.803. The minimum atomic E-state index is -0.856. The molecule has 0 saturated heterocycles. The summed E-state index contributed by atoms with van der Waals surface area (Å²) in [6.45, 7) is 6.95. The monoisotopic (exact) mass is 333 g/mol. The average Bonchev–Trinajstić information content (AvgIpc) is 2.46. The van der Waals surface area contributed by atoms with Crippen molar-refractivity contribution in [2.75, 3.05) is 0 Å². The third kappa shape index (κ3) is 5.06. The number of ether oxygens (including phenoxy) is 1. The van der Waals surface area contributed by atoms with Crippen LogP contribution in [0.1, 0.15) is 57.6 Å². The van der Waals surface area contributed by atoms with E-state index in [4.69, 9.17) is 4.74 Å². The topological polar surface area (TPSA) is 75.6 Å². The molecule has 0 heterocycles. The smallest absolute Gasteiger partial charge is 0.310 e. The van der Waals surface area contributed by atoms with Gasteiger partial charge in [0.25, 0.3) is 0 Å². The van der Waals surface area contributed by atoms with Crippen molar-refractivity contribution in [2.45, 2.75) is 65.2 Å². The van der Waals surface area contributed by atoms with Gasteiger partial charge in [0.2, 0.25) is 5.91 Å². The molecule has 2 N–H and O–H groups in total. The molecule has 1 fully saturated rings. The molecule has 2 rings (SSSR count). The van der Waals surface area contributed by atoms with Crippen molar-refractivity contribution in [2.24, 2.45) is 5.41 Å². The summed E-state index contributed by atoms with van der Waals surface area (Å²) in [6, 6.07) is 7.87. The zero-order valence-corrected chi connectivity index (χ0v) is 14.7. The lowest BCUT2D eigenvalue weighted by molar-refractivity contribution is -0.157. The molecule has 0 aliphatic heterocycles. The summed E-state index contributed by atoms with van der Waals surface area (Å²) in [7, 11) is 0. The average molecular weight is 333 g/mol. The highest BCUT2D eigenvalue weighted by Crippen LogP contribution is 2.44. The SMILES string of the molecule is CC(C)(C)OCc1cccc(CNC(=O)CC2(C(=O)O)CCC2)c1. The lowest BCUT2D eigenvalue weighted by Crippen LogP contribution is -2.42. The molecule has 5 nitrogen and oxygen atoms in total. The summed E-state index contributed by atoms with van der Waals surface area (Å²) in [5.74, 6) is -1.06. The summed E-state index contributed by atoms with van der Waals surface area (Å²) in [5.41, 5.74) is 0.999. The van der Waals surface area contributed by atoms with Gasteiger partial charge in [-0.2, -0.15) is 0 Å². The van der Waals surface area contributed by atoms with E-state index in [-0.39, 0.29) is 17.9 Å². The van der Waals surface area contributed by atoms with Crippen LogP contribution in [0.4, 0.5) is 0 Å². The number of carboxylic acids is 1. The van der Waals surface area contributed by atoms with Gasteiger partial charge in [0.1, 0.15) is 0 Å². The van der Waals surface area contributed by atoms with Crippen LogP contribution in [-0.4, -0.2) is 22.6 Å². The number of benzene rings is 1. The highest BCUT2D eigenvalue weighted by atomic mass is 16.5. The molecule has 0 spiro atoms. The molecule has 0 unspecified atom stereocenters. The van der Waals surface area contributed by atoms with E-state index >= 15 is 0 Å². The van der Waals surface area contributed by atoms with Crippen LogP contribution >= 0.6 is 0 Å². The van der Waals surface area contributed by atoms with Gasteiger partial charge in [-0.1, -0.05) is 30.7 Å². The Morgan fingerprint density at radius 1 is 1.25 bits per heavy atom. The zero-order chi connectivity index (χ0) is 17.8. The van der Waals surface area contributed by atoms with Gasteiger partial charge >= 0.3 is 5.97 Å². The maximum Gasteiger partial charge on any atom is 0.310 e. The van der Waals surface area contributed by atoms with Gasteiger partial charge in [0, 0.05) is 13.0 Å². The van der Waals surface area contributed by atoms with Gasteiger partial charge in [0.15, 0.2) is 0 Å². The van der Waals surface area contributed by atoms with Crippen molar-refractivity contribution in [1.82, 2.24) is 5.32 Å². The van der Waals surface area contributed by atoms with E-state index in [0.717, 1.165) is 17.5 Å². The minimum absolute atomic E-state index is 0.0646. The Bertz CT molecular complexity index is 600. The largest absolute Gasteiger partial charge is 0.481 e. The van der Waals surface area contributed by atoms with Crippen molar-refractivity contribution in [1.29, 1.82) is 0 Å². The lowest BCUT2D eigenvalue weighted by atomic mass is 9.66. The summed E-state index contributed by atoms with van der Waals surface area (Å²) in [4.78, 5) is 23.4. The third-order valence-electron chi connectivity index (χ3n) is 4.42. The van der Waals surface area contributed by atoms with Crippen LogP contribution < -0.4 is 5.32 Å². The van der Waals surface area contributed by atoms with E-state index in [2.05, 4.69) is 5.32 Å². The Hall–Kier alpha value is -1.88. The van der Waals surface area contributed by atoms with Crippen molar-refractivity contribution in [3.05, 3.63) is 35.4 Å². The van der Waals surface area contributed by atoms with Gasteiger partial charge in [0.05, 0.1) is 17.6 Å². The molecule has 1 saturated carbocycles. The van der Waals surface area contributed by atoms with Crippen LogP contribution in [0.3, 0.4) is 0 Å². The molecule has 1 aromatic carbocycles. The molecule has 0 aromatic heterocycles. The summed E-state index contributed by atoms with van der Waals surface area (Å²) < 4.78 is 5.76. The van der Waals surface area contributed by atoms with Crippen molar-refractivity contribution in [3.63, 3.8) is 0 Å². The first-order valence-corrected chi connectivity index (χ1v) is 8.42. The number of hydrogen-bond acceptors (Lipinski definition) is 3. The molecule has 0 radical (unpaired) electrons. The van der Waals surface area contributed by atoms with Crippen LogP contribution in [0.25, 0.3) is 0 Å². The zero-order valence-electron chi connectivity index (χ0n) is 14.7. The van der Waals surface area contributed by atoms with E-state index in [1.54, 1.807) is 0 Å². The summed E-state index contributed by atoms with van der Waals surface area (Å²) in [6.07, 6.45) is 2.13. The van der Waals surface area contributed by atoms with Gasteiger partial charge in [-0.3, -0.25) is 9.59 Å². The van der Waals surface area contributed by atoms with Crippen LogP contribution in [-0.2, 0) is 27.5 Å². The minimum Gasteiger partial charge on any atom is -0.481 e. The molecular formula is C19H27NO4. The Balaban J connectivity index is 1.85. The normalized spacial score (nSPS) is 16.3. The third-order valence-corrected chi connectivity index (χ3v) is 4.42. The number of carbonyl (C=O) groups excluding carboxylic acids is 1. The standard InChI is InChI=1S/C19H27NO4/c1-18(2,3)24-13-15-7-4-6-14(10-15)12-20-16(21)11-19(17(22)23)8-5-9-19/h4,6-7,10H,5,8-9,11-13H2,1-3H3,(H,20,21)(H,22,23). The first kappa shape index (κ1) is 18.5. The second-order valence-electron chi connectivity index (χ2n) is 7.61. The van der Waals surface area contributed by atoms with Crippen LogP contribution in [0.5, 0.6) is 0 Å². The van der Waals surface area contributed by atoms with Crippen LogP contribution in [0.15, 0.2) is 24.3 Å². The van der Waals surface area contributed by atoms with Crippen LogP contribution in [0.2, 0.25) is 0 Å². The second-order valence-corrected chi connectivity index (χ2v) is 7.61.